The molecule has 2 amide bonds. The highest BCUT2D eigenvalue weighted by molar-refractivity contribution is 8.15. The van der Waals surface area contributed by atoms with Crippen LogP contribution in [0.15, 0.2) is 47.5 Å². The lowest BCUT2D eigenvalue weighted by Crippen LogP contribution is -2.28. The van der Waals surface area contributed by atoms with Crippen molar-refractivity contribution >= 4 is 40.1 Å². The molecule has 1 heterocycles. The van der Waals surface area contributed by atoms with Crippen molar-refractivity contribution in [1.82, 2.24) is 5.32 Å². The summed E-state index contributed by atoms with van der Waals surface area (Å²) in [7, 11) is 1.58. The van der Waals surface area contributed by atoms with Crippen LogP contribution in [-0.4, -0.2) is 29.3 Å². The standard InChI is InChI=1S/C20H21N3O3S/c1-12-8-13(2)10-15(9-12)22-20-23-19(25)17(27-20)11-18(24)21-14-4-6-16(26-3)7-5-14/h4-10,17H,11H2,1-3H3,(H,21,24)(H,22,23,25)/t17-/m0/s1. The van der Waals surface area contributed by atoms with E-state index in [-0.39, 0.29) is 18.2 Å². The van der Waals surface area contributed by atoms with E-state index in [0.29, 0.717) is 16.6 Å². The monoisotopic (exact) mass is 383 g/mol. The number of nitrogens with one attached hydrogen (secondary N) is 2. The van der Waals surface area contributed by atoms with Gasteiger partial charge in [-0.1, -0.05) is 17.8 Å². The normalized spacial score (nSPS) is 17.7. The highest BCUT2D eigenvalue weighted by Gasteiger charge is 2.32. The molecule has 0 aromatic heterocycles. The lowest BCUT2D eigenvalue weighted by molar-refractivity contribution is -0.122. The van der Waals surface area contributed by atoms with E-state index in [9.17, 15) is 9.59 Å². The van der Waals surface area contributed by atoms with Gasteiger partial charge in [0.1, 0.15) is 11.0 Å². The van der Waals surface area contributed by atoms with E-state index < -0.39 is 5.25 Å². The van der Waals surface area contributed by atoms with E-state index in [2.05, 4.69) is 21.7 Å². The first-order chi connectivity index (χ1) is 12.9. The second kappa shape index (κ2) is 8.26. The van der Waals surface area contributed by atoms with Gasteiger partial charge in [0.2, 0.25) is 11.8 Å². The number of benzene rings is 2. The second-order valence-corrected chi connectivity index (χ2v) is 7.53. The van der Waals surface area contributed by atoms with Crippen LogP contribution in [0.2, 0.25) is 0 Å². The molecule has 2 aromatic carbocycles. The van der Waals surface area contributed by atoms with E-state index in [1.165, 1.54) is 11.8 Å². The number of hydrogen-bond donors (Lipinski definition) is 2. The number of methoxy groups -OCH3 is 1. The summed E-state index contributed by atoms with van der Waals surface area (Å²) in [6, 6.07) is 13.0. The van der Waals surface area contributed by atoms with E-state index >= 15 is 0 Å². The predicted octanol–water partition coefficient (Wildman–Crippen LogP) is 3.56. The molecule has 6 nitrogen and oxygen atoms in total. The number of thioether (sulfide) groups is 1. The number of nitrogens with zero attached hydrogens (tertiary/aromatic N) is 1. The number of ether oxygens (including phenoxy) is 1. The number of carbonyl (C=O) groups is 2. The Kier molecular flexibility index (Phi) is 5.81. The van der Waals surface area contributed by atoms with Crippen LogP contribution < -0.4 is 15.4 Å². The Morgan fingerprint density at radius 1 is 1.19 bits per heavy atom. The molecule has 1 aliphatic heterocycles. The summed E-state index contributed by atoms with van der Waals surface area (Å²) in [5.74, 6) is 0.291. The maximum Gasteiger partial charge on any atom is 0.240 e. The lowest BCUT2D eigenvalue weighted by Gasteiger charge is -2.08. The topological polar surface area (TPSA) is 79.8 Å². The van der Waals surface area contributed by atoms with Gasteiger partial charge in [-0.15, -0.1) is 0 Å². The fourth-order valence-corrected chi connectivity index (χ4v) is 3.77. The molecular weight excluding hydrogens is 362 g/mol. The summed E-state index contributed by atoms with van der Waals surface area (Å²) in [4.78, 5) is 28.9. The largest absolute Gasteiger partial charge is 0.497 e. The van der Waals surface area contributed by atoms with Crippen molar-refractivity contribution in [1.29, 1.82) is 0 Å². The summed E-state index contributed by atoms with van der Waals surface area (Å²) < 4.78 is 5.09. The number of carbonyl (C=O) groups excluding carboxylic acids is 2. The van der Waals surface area contributed by atoms with Gasteiger partial charge in [-0.25, -0.2) is 4.99 Å². The van der Waals surface area contributed by atoms with Crippen molar-refractivity contribution in [3.8, 4) is 5.75 Å². The summed E-state index contributed by atoms with van der Waals surface area (Å²) in [5, 5.41) is 5.57. The summed E-state index contributed by atoms with van der Waals surface area (Å²) in [6.07, 6.45) is 0.0778. The predicted molar refractivity (Wildman–Crippen MR) is 109 cm³/mol. The van der Waals surface area contributed by atoms with Crippen molar-refractivity contribution in [3.63, 3.8) is 0 Å². The number of amides is 2. The van der Waals surface area contributed by atoms with Gasteiger partial charge in [0.15, 0.2) is 5.17 Å². The van der Waals surface area contributed by atoms with Crippen molar-refractivity contribution in [2.45, 2.75) is 25.5 Å². The third-order valence-electron chi connectivity index (χ3n) is 3.96. The van der Waals surface area contributed by atoms with Gasteiger partial charge < -0.3 is 15.4 Å². The molecule has 1 fully saturated rings. The number of amidine groups is 1. The SMILES string of the molecule is COc1ccc(NC(=O)C[C@@H]2SC(=Nc3cc(C)cc(C)c3)NC2=O)cc1. The van der Waals surface area contributed by atoms with Gasteiger partial charge in [-0.2, -0.15) is 0 Å². The third kappa shape index (κ3) is 5.10. The molecule has 0 unspecified atom stereocenters. The highest BCUT2D eigenvalue weighted by atomic mass is 32.2. The Morgan fingerprint density at radius 3 is 2.48 bits per heavy atom. The van der Waals surface area contributed by atoms with Gasteiger partial charge in [-0.3, -0.25) is 9.59 Å². The van der Waals surface area contributed by atoms with Gasteiger partial charge in [0.25, 0.3) is 0 Å². The van der Waals surface area contributed by atoms with E-state index in [4.69, 9.17) is 4.74 Å². The molecule has 2 aromatic rings. The third-order valence-corrected chi connectivity index (χ3v) is 5.04. The number of hydrogen-bond acceptors (Lipinski definition) is 5. The molecule has 27 heavy (non-hydrogen) atoms. The summed E-state index contributed by atoms with van der Waals surface area (Å²) in [6.45, 7) is 4.01. The fourth-order valence-electron chi connectivity index (χ4n) is 2.78. The van der Waals surface area contributed by atoms with Gasteiger partial charge in [0.05, 0.1) is 12.8 Å². The minimum Gasteiger partial charge on any atom is -0.497 e. The van der Waals surface area contributed by atoms with Crippen LogP contribution in [-0.2, 0) is 9.59 Å². The van der Waals surface area contributed by atoms with Gasteiger partial charge >= 0.3 is 0 Å². The molecule has 3 rings (SSSR count). The smallest absolute Gasteiger partial charge is 0.240 e. The zero-order valence-electron chi connectivity index (χ0n) is 15.4. The van der Waals surface area contributed by atoms with E-state index in [1.54, 1.807) is 31.4 Å². The Hall–Kier alpha value is -2.80. The number of rotatable bonds is 5. The molecule has 2 N–H and O–H groups in total. The Balaban J connectivity index is 1.61. The molecule has 0 bridgehead atoms. The number of anilines is 1. The molecule has 140 valence electrons. The first-order valence-electron chi connectivity index (χ1n) is 8.51. The first-order valence-corrected chi connectivity index (χ1v) is 9.39. The molecule has 0 saturated carbocycles. The van der Waals surface area contributed by atoms with Crippen LogP contribution in [0.3, 0.4) is 0 Å². The molecule has 0 aliphatic carbocycles. The number of aliphatic imine (C=N–C) groups is 1. The van der Waals surface area contributed by atoms with Crippen LogP contribution in [0.5, 0.6) is 5.75 Å². The molecule has 1 aliphatic rings. The number of aryl methyl sites for hydroxylation is 2. The lowest BCUT2D eigenvalue weighted by atomic mass is 10.1. The molecular formula is C20H21N3O3S. The molecule has 0 radical (unpaired) electrons. The summed E-state index contributed by atoms with van der Waals surface area (Å²) in [5.41, 5.74) is 3.67. The zero-order valence-corrected chi connectivity index (χ0v) is 16.2. The van der Waals surface area contributed by atoms with Crippen LogP contribution >= 0.6 is 11.8 Å². The van der Waals surface area contributed by atoms with E-state index in [0.717, 1.165) is 16.8 Å². The van der Waals surface area contributed by atoms with Crippen molar-refractivity contribution in [3.05, 3.63) is 53.6 Å². The molecule has 7 heteroatoms. The summed E-state index contributed by atoms with van der Waals surface area (Å²) >= 11 is 1.28. The Bertz CT molecular complexity index is 874. The minimum absolute atomic E-state index is 0.0778. The highest BCUT2D eigenvalue weighted by Crippen LogP contribution is 2.26. The van der Waals surface area contributed by atoms with Crippen LogP contribution in [0.4, 0.5) is 11.4 Å². The molecule has 0 spiro atoms. The van der Waals surface area contributed by atoms with Gasteiger partial charge in [-0.05, 0) is 61.4 Å². The quantitative estimate of drug-likeness (QED) is 0.827. The maximum atomic E-state index is 12.2. The van der Waals surface area contributed by atoms with Crippen molar-refractivity contribution in [2.24, 2.45) is 4.99 Å². The maximum absolute atomic E-state index is 12.2. The average molecular weight is 383 g/mol. The van der Waals surface area contributed by atoms with Crippen LogP contribution in [0, 0.1) is 13.8 Å². The Morgan fingerprint density at radius 2 is 1.85 bits per heavy atom. The van der Waals surface area contributed by atoms with Gasteiger partial charge in [0, 0.05) is 12.1 Å². The second-order valence-electron chi connectivity index (χ2n) is 6.34. The van der Waals surface area contributed by atoms with Crippen molar-refractivity contribution in [2.75, 3.05) is 12.4 Å². The minimum atomic E-state index is -0.493. The first kappa shape index (κ1) is 19.0. The molecule has 1 saturated heterocycles. The van der Waals surface area contributed by atoms with Crippen LogP contribution in [0.1, 0.15) is 17.5 Å². The Labute approximate surface area is 162 Å². The zero-order chi connectivity index (χ0) is 19.4. The fraction of sp³-hybridized carbons (Fsp3) is 0.250. The van der Waals surface area contributed by atoms with Crippen molar-refractivity contribution < 1.29 is 14.3 Å². The average Bonchev–Trinajstić information content (AvgIpc) is 2.93. The molecule has 1 atom stereocenters. The van der Waals surface area contributed by atoms with Crippen LogP contribution in [0.25, 0.3) is 0 Å². The van der Waals surface area contributed by atoms with E-state index in [1.807, 2.05) is 26.0 Å².